The van der Waals surface area contributed by atoms with Crippen LogP contribution in [0.4, 0.5) is 5.82 Å². The van der Waals surface area contributed by atoms with Crippen LogP contribution in [0.3, 0.4) is 0 Å². The van der Waals surface area contributed by atoms with Gasteiger partial charge in [-0.05, 0) is 12.1 Å². The van der Waals surface area contributed by atoms with E-state index >= 15 is 0 Å². The molecule has 0 fully saturated rings. The minimum atomic E-state index is 0.311. The molecule has 0 spiro atoms. The molecule has 0 atom stereocenters. The molecule has 2 rings (SSSR count). The van der Waals surface area contributed by atoms with Crippen LogP contribution < -0.4 is 5.32 Å². The monoisotopic (exact) mass is 250 g/mol. The molecule has 2 aromatic rings. The Balaban J connectivity index is 2.10. The molecule has 0 saturated carbocycles. The number of nitrogens with zero attached hydrogens (tertiary/aromatic N) is 3. The van der Waals surface area contributed by atoms with E-state index in [2.05, 4.69) is 15.3 Å². The van der Waals surface area contributed by atoms with Crippen LogP contribution in [0.5, 0.6) is 0 Å². The zero-order valence-electron chi connectivity index (χ0n) is 8.14. The summed E-state index contributed by atoms with van der Waals surface area (Å²) < 4.78 is 0. The van der Waals surface area contributed by atoms with E-state index in [1.807, 2.05) is 6.07 Å². The molecule has 0 aliphatic rings. The summed E-state index contributed by atoms with van der Waals surface area (Å²) in [6, 6.07) is 5.21. The number of thiazole rings is 1. The number of nitrogens with one attached hydrogen (secondary N) is 1. The van der Waals surface area contributed by atoms with Crippen LogP contribution in [0.25, 0.3) is 0 Å². The largest absolute Gasteiger partial charge is 0.365 e. The van der Waals surface area contributed by atoms with Gasteiger partial charge in [-0.2, -0.15) is 5.26 Å². The van der Waals surface area contributed by atoms with Gasteiger partial charge in [0.1, 0.15) is 11.0 Å². The first-order valence-corrected chi connectivity index (χ1v) is 5.72. The molecule has 4 nitrogen and oxygen atoms in total. The summed E-state index contributed by atoms with van der Waals surface area (Å²) in [6.45, 7) is 0.628. The van der Waals surface area contributed by atoms with Gasteiger partial charge in [-0.1, -0.05) is 11.6 Å². The number of hydrogen-bond donors (Lipinski definition) is 1. The van der Waals surface area contributed by atoms with Crippen molar-refractivity contribution in [1.82, 2.24) is 9.97 Å². The smallest absolute Gasteiger partial charge is 0.132 e. The number of hydrogen-bond acceptors (Lipinski definition) is 5. The molecule has 1 N–H and O–H groups in total. The normalized spacial score (nSPS) is 9.75. The molecule has 0 unspecified atom stereocenters. The standard InChI is InChI=1S/C10H7ClN4S/c11-9-1-7(3-12)2-10(15-9)14-5-8-4-13-6-16-8/h1-2,4,6H,5H2,(H,14,15). The van der Waals surface area contributed by atoms with Crippen LogP contribution in [0.1, 0.15) is 10.4 Å². The average Bonchev–Trinajstić information content (AvgIpc) is 2.78. The van der Waals surface area contributed by atoms with Gasteiger partial charge in [-0.3, -0.25) is 4.98 Å². The molecule has 0 aromatic carbocycles. The second kappa shape index (κ2) is 4.92. The van der Waals surface area contributed by atoms with Gasteiger partial charge in [0.2, 0.25) is 0 Å². The fourth-order valence-electron chi connectivity index (χ4n) is 1.16. The lowest BCUT2D eigenvalue weighted by atomic mass is 10.3. The highest BCUT2D eigenvalue weighted by atomic mass is 35.5. The second-order valence-electron chi connectivity index (χ2n) is 3.00. The summed E-state index contributed by atoms with van der Waals surface area (Å²) in [4.78, 5) is 9.13. The summed E-state index contributed by atoms with van der Waals surface area (Å²) >= 11 is 7.33. The van der Waals surface area contributed by atoms with E-state index < -0.39 is 0 Å². The number of pyridine rings is 1. The second-order valence-corrected chi connectivity index (χ2v) is 4.36. The maximum atomic E-state index is 8.77. The molecule has 2 aromatic heterocycles. The predicted molar refractivity (Wildman–Crippen MR) is 63.4 cm³/mol. The first-order chi connectivity index (χ1) is 7.78. The Morgan fingerprint density at radius 2 is 2.38 bits per heavy atom. The van der Waals surface area contributed by atoms with E-state index in [0.29, 0.717) is 23.1 Å². The molecule has 0 aliphatic carbocycles. The zero-order valence-corrected chi connectivity index (χ0v) is 9.72. The molecule has 80 valence electrons. The van der Waals surface area contributed by atoms with Crippen molar-refractivity contribution in [2.45, 2.75) is 6.54 Å². The third kappa shape index (κ3) is 2.69. The number of aromatic nitrogens is 2. The SMILES string of the molecule is N#Cc1cc(Cl)nc(NCc2cncs2)c1. The molecule has 2 heterocycles. The fourth-order valence-corrected chi connectivity index (χ4v) is 1.90. The Bertz CT molecular complexity index is 518. The van der Waals surface area contributed by atoms with Gasteiger partial charge < -0.3 is 5.32 Å². The Kier molecular flexibility index (Phi) is 3.34. The van der Waals surface area contributed by atoms with Crippen LogP contribution >= 0.6 is 22.9 Å². The highest BCUT2D eigenvalue weighted by molar-refractivity contribution is 7.09. The third-order valence-corrected chi connectivity index (χ3v) is 2.82. The number of anilines is 1. The lowest BCUT2D eigenvalue weighted by Crippen LogP contribution is -2.00. The average molecular weight is 251 g/mol. The van der Waals surface area contributed by atoms with E-state index in [4.69, 9.17) is 16.9 Å². The Labute approximate surface area is 102 Å². The van der Waals surface area contributed by atoms with E-state index in [9.17, 15) is 0 Å². The quantitative estimate of drug-likeness (QED) is 0.851. The van der Waals surface area contributed by atoms with Gasteiger partial charge in [0.25, 0.3) is 0 Å². The number of halogens is 1. The topological polar surface area (TPSA) is 61.6 Å². The lowest BCUT2D eigenvalue weighted by molar-refractivity contribution is 1.13. The van der Waals surface area contributed by atoms with Gasteiger partial charge in [0.05, 0.1) is 23.7 Å². The molecule has 0 bridgehead atoms. The van der Waals surface area contributed by atoms with Gasteiger partial charge >= 0.3 is 0 Å². The first kappa shape index (κ1) is 10.9. The van der Waals surface area contributed by atoms with Crippen LogP contribution in [0.15, 0.2) is 23.8 Å². The summed E-state index contributed by atoms with van der Waals surface area (Å²) in [5, 5.41) is 12.2. The first-order valence-electron chi connectivity index (χ1n) is 4.47. The van der Waals surface area contributed by atoms with Gasteiger partial charge in [-0.15, -0.1) is 11.3 Å². The molecule has 0 radical (unpaired) electrons. The minimum Gasteiger partial charge on any atom is -0.365 e. The highest BCUT2D eigenvalue weighted by Gasteiger charge is 2.01. The minimum absolute atomic E-state index is 0.311. The summed E-state index contributed by atoms with van der Waals surface area (Å²) in [6.07, 6.45) is 1.79. The van der Waals surface area contributed by atoms with Crippen molar-refractivity contribution in [1.29, 1.82) is 5.26 Å². The van der Waals surface area contributed by atoms with Crippen molar-refractivity contribution in [3.63, 3.8) is 0 Å². The Hall–Kier alpha value is -1.64. The van der Waals surface area contributed by atoms with E-state index in [1.165, 1.54) is 6.07 Å². The molecule has 0 aliphatic heterocycles. The van der Waals surface area contributed by atoms with Crippen LogP contribution in [0.2, 0.25) is 5.15 Å². The van der Waals surface area contributed by atoms with Gasteiger partial charge in [0.15, 0.2) is 0 Å². The molecule has 0 saturated heterocycles. The maximum Gasteiger partial charge on any atom is 0.132 e. The summed E-state index contributed by atoms with van der Waals surface area (Å²) in [5.74, 6) is 0.595. The van der Waals surface area contributed by atoms with E-state index in [0.717, 1.165) is 4.88 Å². The fraction of sp³-hybridized carbons (Fsp3) is 0.100. The van der Waals surface area contributed by atoms with Gasteiger partial charge in [0, 0.05) is 11.1 Å². The van der Waals surface area contributed by atoms with Crippen LogP contribution in [-0.4, -0.2) is 9.97 Å². The highest BCUT2D eigenvalue weighted by Crippen LogP contribution is 2.15. The van der Waals surface area contributed by atoms with E-state index in [1.54, 1.807) is 29.1 Å². The maximum absolute atomic E-state index is 8.77. The van der Waals surface area contributed by atoms with Crippen molar-refractivity contribution in [3.8, 4) is 6.07 Å². The summed E-state index contributed by atoms with van der Waals surface area (Å²) in [7, 11) is 0. The number of nitriles is 1. The molecule has 6 heteroatoms. The van der Waals surface area contributed by atoms with Crippen molar-refractivity contribution in [2.75, 3.05) is 5.32 Å². The molecular weight excluding hydrogens is 244 g/mol. The van der Waals surface area contributed by atoms with Crippen LogP contribution in [0, 0.1) is 11.3 Å². The van der Waals surface area contributed by atoms with Crippen molar-refractivity contribution < 1.29 is 0 Å². The Morgan fingerprint density at radius 1 is 1.50 bits per heavy atom. The molecule has 0 amide bonds. The lowest BCUT2D eigenvalue weighted by Gasteiger charge is -2.04. The van der Waals surface area contributed by atoms with Gasteiger partial charge in [-0.25, -0.2) is 4.98 Å². The molecular formula is C10H7ClN4S. The molecule has 16 heavy (non-hydrogen) atoms. The van der Waals surface area contributed by atoms with E-state index in [-0.39, 0.29) is 0 Å². The van der Waals surface area contributed by atoms with Crippen LogP contribution in [-0.2, 0) is 6.54 Å². The number of rotatable bonds is 3. The summed E-state index contributed by atoms with van der Waals surface area (Å²) in [5.41, 5.74) is 2.26. The van der Waals surface area contributed by atoms with Crippen molar-refractivity contribution >= 4 is 28.8 Å². The predicted octanol–water partition coefficient (Wildman–Crippen LogP) is 2.68. The van der Waals surface area contributed by atoms with Crippen molar-refractivity contribution in [2.24, 2.45) is 0 Å². The zero-order chi connectivity index (χ0) is 11.4. The Morgan fingerprint density at radius 3 is 3.06 bits per heavy atom. The third-order valence-electron chi connectivity index (χ3n) is 1.85. The van der Waals surface area contributed by atoms with Crippen molar-refractivity contribution in [3.05, 3.63) is 39.4 Å².